The van der Waals surface area contributed by atoms with E-state index in [0.29, 0.717) is 0 Å². The standard InChI is InChI=1S/C11H14Cl2N4O6/c1-3(19)14-5-7(21)6(20)4(2-18)22-8(5)23-11-16-9(12)15-10(13)17-11/h4-8,18,20-21H,2H2,1H3,(H,14,19)/t4-,5-,6-,7-,8+/m1/s1. The monoisotopic (exact) mass is 368 g/mol. The smallest absolute Gasteiger partial charge is 0.324 e. The van der Waals surface area contributed by atoms with E-state index in [2.05, 4.69) is 20.3 Å². The van der Waals surface area contributed by atoms with Crippen LogP contribution in [0.2, 0.25) is 10.6 Å². The number of aromatic nitrogens is 3. The molecule has 4 N–H and O–H groups in total. The van der Waals surface area contributed by atoms with E-state index in [9.17, 15) is 20.1 Å². The Labute approximate surface area is 140 Å². The fraction of sp³-hybridized carbons (Fsp3) is 0.636. The molecule has 0 radical (unpaired) electrons. The van der Waals surface area contributed by atoms with Crippen LogP contribution in [0, 0.1) is 0 Å². The zero-order valence-electron chi connectivity index (χ0n) is 11.8. The summed E-state index contributed by atoms with van der Waals surface area (Å²) in [5, 5.41) is 31.1. The first-order chi connectivity index (χ1) is 10.8. The Morgan fingerprint density at radius 1 is 1.26 bits per heavy atom. The van der Waals surface area contributed by atoms with Crippen LogP contribution in [0.5, 0.6) is 6.01 Å². The molecule has 1 aliphatic heterocycles. The second-order valence-electron chi connectivity index (χ2n) is 4.71. The second kappa shape index (κ2) is 7.51. The maximum absolute atomic E-state index is 11.3. The van der Waals surface area contributed by atoms with Gasteiger partial charge in [0.05, 0.1) is 6.61 Å². The number of hydrogen-bond acceptors (Lipinski definition) is 9. The summed E-state index contributed by atoms with van der Waals surface area (Å²) >= 11 is 11.3. The quantitative estimate of drug-likeness (QED) is 0.498. The van der Waals surface area contributed by atoms with Crippen molar-refractivity contribution >= 4 is 29.1 Å². The molecule has 5 atom stereocenters. The molecule has 0 aliphatic carbocycles. The van der Waals surface area contributed by atoms with Gasteiger partial charge in [0, 0.05) is 6.92 Å². The van der Waals surface area contributed by atoms with E-state index in [4.69, 9.17) is 32.7 Å². The highest BCUT2D eigenvalue weighted by atomic mass is 35.5. The number of nitrogens with zero attached hydrogens (tertiary/aromatic N) is 3. The molecule has 23 heavy (non-hydrogen) atoms. The van der Waals surface area contributed by atoms with Gasteiger partial charge in [-0.2, -0.15) is 15.0 Å². The maximum atomic E-state index is 11.3. The summed E-state index contributed by atoms with van der Waals surface area (Å²) in [5.41, 5.74) is 0. The SMILES string of the molecule is CC(=O)N[C@H]1[C@H](Oc2nc(Cl)nc(Cl)n2)O[C@H](CO)[C@@H](O)[C@@H]1O. The number of carbonyl (C=O) groups excluding carboxylic acids is 1. The van der Waals surface area contributed by atoms with Crippen LogP contribution in [-0.4, -0.2) is 73.4 Å². The summed E-state index contributed by atoms with van der Waals surface area (Å²) in [7, 11) is 0. The molecule has 2 heterocycles. The van der Waals surface area contributed by atoms with Crippen LogP contribution >= 0.6 is 23.2 Å². The first-order valence-electron chi connectivity index (χ1n) is 6.45. The summed E-state index contributed by atoms with van der Waals surface area (Å²) in [4.78, 5) is 22.2. The predicted molar refractivity (Wildman–Crippen MR) is 75.8 cm³/mol. The average Bonchev–Trinajstić information content (AvgIpc) is 2.45. The van der Waals surface area contributed by atoms with Crippen molar-refractivity contribution < 1.29 is 29.6 Å². The minimum atomic E-state index is -1.46. The Hall–Kier alpha value is -1.30. The summed E-state index contributed by atoms with van der Waals surface area (Å²) in [5.74, 6) is -0.493. The average molecular weight is 369 g/mol. The summed E-state index contributed by atoms with van der Waals surface area (Å²) < 4.78 is 10.7. The van der Waals surface area contributed by atoms with Gasteiger partial charge in [0.25, 0.3) is 0 Å². The minimum absolute atomic E-state index is 0.230. The molecular weight excluding hydrogens is 355 g/mol. The fourth-order valence-corrected chi connectivity index (χ4v) is 2.38. The van der Waals surface area contributed by atoms with Crippen LogP contribution in [-0.2, 0) is 9.53 Å². The van der Waals surface area contributed by atoms with Crippen LogP contribution in [0.1, 0.15) is 6.92 Å². The van der Waals surface area contributed by atoms with E-state index in [1.165, 1.54) is 6.92 Å². The molecule has 1 aromatic rings. The van der Waals surface area contributed by atoms with Crippen molar-refractivity contribution in [1.29, 1.82) is 0 Å². The first-order valence-corrected chi connectivity index (χ1v) is 7.20. The minimum Gasteiger partial charge on any atom is -0.431 e. The number of amides is 1. The van der Waals surface area contributed by atoms with Gasteiger partial charge in [0.2, 0.25) is 22.8 Å². The number of halogens is 2. The number of aliphatic hydroxyl groups excluding tert-OH is 3. The van der Waals surface area contributed by atoms with Gasteiger partial charge in [-0.05, 0) is 23.2 Å². The Morgan fingerprint density at radius 3 is 2.39 bits per heavy atom. The highest BCUT2D eigenvalue weighted by Gasteiger charge is 2.46. The van der Waals surface area contributed by atoms with E-state index in [1.54, 1.807) is 0 Å². The van der Waals surface area contributed by atoms with E-state index in [0.717, 1.165) is 0 Å². The molecule has 1 amide bonds. The van der Waals surface area contributed by atoms with Crippen molar-refractivity contribution in [1.82, 2.24) is 20.3 Å². The van der Waals surface area contributed by atoms with E-state index < -0.39 is 43.2 Å². The number of carbonyl (C=O) groups is 1. The molecule has 0 saturated carbocycles. The van der Waals surface area contributed by atoms with Gasteiger partial charge in [-0.15, -0.1) is 0 Å². The van der Waals surface area contributed by atoms with Crippen molar-refractivity contribution in [2.24, 2.45) is 0 Å². The lowest BCUT2D eigenvalue weighted by molar-refractivity contribution is -0.245. The maximum Gasteiger partial charge on any atom is 0.324 e. The first kappa shape index (κ1) is 18.0. The van der Waals surface area contributed by atoms with Gasteiger partial charge in [0.1, 0.15) is 24.4 Å². The topological polar surface area (TPSA) is 147 Å². The lowest BCUT2D eigenvalue weighted by atomic mass is 9.97. The molecule has 2 rings (SSSR count). The third kappa shape index (κ3) is 4.37. The molecule has 0 unspecified atom stereocenters. The van der Waals surface area contributed by atoms with Gasteiger partial charge >= 0.3 is 6.01 Å². The van der Waals surface area contributed by atoms with Crippen molar-refractivity contribution in [2.75, 3.05) is 6.61 Å². The normalized spacial score (nSPS) is 30.8. The Bertz CT molecular complexity index is 559. The number of nitrogens with one attached hydrogen (secondary N) is 1. The zero-order valence-corrected chi connectivity index (χ0v) is 13.3. The molecule has 128 valence electrons. The van der Waals surface area contributed by atoms with Crippen LogP contribution < -0.4 is 10.1 Å². The van der Waals surface area contributed by atoms with Crippen LogP contribution in [0.25, 0.3) is 0 Å². The van der Waals surface area contributed by atoms with Crippen LogP contribution in [0.3, 0.4) is 0 Å². The highest BCUT2D eigenvalue weighted by molar-refractivity contribution is 6.31. The predicted octanol–water partition coefficient (Wildman–Crippen LogP) is -1.50. The fourth-order valence-electron chi connectivity index (χ4n) is 2.04. The molecule has 10 nitrogen and oxygen atoms in total. The van der Waals surface area contributed by atoms with Gasteiger partial charge in [-0.25, -0.2) is 0 Å². The number of hydrogen-bond donors (Lipinski definition) is 4. The van der Waals surface area contributed by atoms with E-state index in [1.807, 2.05) is 0 Å². The number of rotatable bonds is 4. The number of ether oxygens (including phenoxy) is 2. The van der Waals surface area contributed by atoms with Gasteiger partial charge in [0.15, 0.2) is 0 Å². The zero-order chi connectivity index (χ0) is 17.1. The van der Waals surface area contributed by atoms with E-state index in [-0.39, 0.29) is 16.6 Å². The summed E-state index contributed by atoms with van der Waals surface area (Å²) in [6.45, 7) is 0.633. The largest absolute Gasteiger partial charge is 0.431 e. The van der Waals surface area contributed by atoms with Crippen molar-refractivity contribution in [3.63, 3.8) is 0 Å². The molecule has 0 spiro atoms. The molecule has 1 fully saturated rings. The molecule has 0 bridgehead atoms. The Kier molecular flexibility index (Phi) is 5.89. The lowest BCUT2D eigenvalue weighted by Crippen LogP contribution is -2.65. The molecular formula is C11H14Cl2N4O6. The second-order valence-corrected chi connectivity index (χ2v) is 5.38. The Balaban J connectivity index is 2.24. The molecule has 0 aromatic carbocycles. The van der Waals surface area contributed by atoms with Crippen molar-refractivity contribution in [3.05, 3.63) is 10.6 Å². The lowest BCUT2D eigenvalue weighted by Gasteiger charge is -2.41. The molecule has 12 heteroatoms. The summed E-state index contributed by atoms with van der Waals surface area (Å²) in [6.07, 6.45) is -5.32. The molecule has 1 aliphatic rings. The van der Waals surface area contributed by atoms with Crippen molar-refractivity contribution in [2.45, 2.75) is 37.6 Å². The molecule has 1 saturated heterocycles. The van der Waals surface area contributed by atoms with Crippen LogP contribution in [0.15, 0.2) is 0 Å². The van der Waals surface area contributed by atoms with Crippen molar-refractivity contribution in [3.8, 4) is 6.01 Å². The third-order valence-corrected chi connectivity index (χ3v) is 3.37. The van der Waals surface area contributed by atoms with E-state index >= 15 is 0 Å². The molecule has 1 aromatic heterocycles. The van der Waals surface area contributed by atoms with Gasteiger partial charge in [-0.3, -0.25) is 4.79 Å². The number of aliphatic hydroxyl groups is 3. The van der Waals surface area contributed by atoms with Crippen LogP contribution in [0.4, 0.5) is 0 Å². The highest BCUT2D eigenvalue weighted by Crippen LogP contribution is 2.23. The Morgan fingerprint density at radius 2 is 1.87 bits per heavy atom. The summed E-state index contributed by atoms with van der Waals surface area (Å²) in [6, 6.07) is -1.45. The third-order valence-electron chi connectivity index (χ3n) is 3.03. The van der Waals surface area contributed by atoms with Gasteiger partial charge < -0.3 is 30.1 Å². The van der Waals surface area contributed by atoms with Gasteiger partial charge in [-0.1, -0.05) is 0 Å².